The van der Waals surface area contributed by atoms with Crippen molar-refractivity contribution in [2.75, 3.05) is 39.5 Å². The Morgan fingerprint density at radius 3 is 1.57 bits per heavy atom. The summed E-state index contributed by atoms with van der Waals surface area (Å²) in [5.74, 6) is 0. The molecule has 13 nitrogen and oxygen atoms in total. The van der Waals surface area contributed by atoms with Crippen molar-refractivity contribution in [1.29, 1.82) is 0 Å². The largest absolute Gasteiger partial charge is 0.396 e. The van der Waals surface area contributed by atoms with Crippen LogP contribution in [0.15, 0.2) is 15.3 Å². The predicted octanol–water partition coefficient (Wildman–Crippen LogP) is 0.228. The zero-order chi connectivity index (χ0) is 16.6. The van der Waals surface area contributed by atoms with Gasteiger partial charge < -0.3 is 20.4 Å². The Labute approximate surface area is 119 Å². The van der Waals surface area contributed by atoms with Crippen LogP contribution in [0.1, 0.15) is 0 Å². The third-order valence-electron chi connectivity index (χ3n) is 2.18. The fraction of sp³-hybridized carbons (Fsp3) is 1.00. The van der Waals surface area contributed by atoms with E-state index in [-0.39, 0.29) is 26.2 Å². The standard InChI is InChI=1S/C5H10N6O2.C3H7N3O2/c6-10-8-1-5(3-12,4-13)2-9-11-7;4-6-5-1-3(8)2-7/h12-13H,1-4H2;3,7-8H,1-2H2. The van der Waals surface area contributed by atoms with Gasteiger partial charge in [-0.1, -0.05) is 15.3 Å². The SMILES string of the molecule is [N-]=[N+]=NCC(CO)(CO)CN=[N+]=[N-].[N-]=[N+]=NCC(O)CO. The molecule has 1 unspecified atom stereocenters. The molecule has 0 aromatic rings. The van der Waals surface area contributed by atoms with Crippen LogP contribution >= 0.6 is 0 Å². The third-order valence-corrected chi connectivity index (χ3v) is 2.18. The maximum Gasteiger partial charge on any atom is 0.0827 e. The second kappa shape index (κ2) is 14.2. The van der Waals surface area contributed by atoms with E-state index < -0.39 is 24.7 Å². The van der Waals surface area contributed by atoms with Gasteiger partial charge in [0.25, 0.3) is 0 Å². The van der Waals surface area contributed by atoms with Gasteiger partial charge in [-0.15, -0.1) is 0 Å². The lowest BCUT2D eigenvalue weighted by molar-refractivity contribution is 0.0689. The lowest BCUT2D eigenvalue weighted by atomic mass is 9.91. The van der Waals surface area contributed by atoms with Gasteiger partial charge in [0.15, 0.2) is 0 Å². The number of hydrogen-bond donors (Lipinski definition) is 4. The molecule has 13 heteroatoms. The lowest BCUT2D eigenvalue weighted by Gasteiger charge is -2.25. The molecule has 0 bridgehead atoms. The van der Waals surface area contributed by atoms with Crippen molar-refractivity contribution < 1.29 is 20.4 Å². The first-order valence-corrected chi connectivity index (χ1v) is 5.59. The average Bonchev–Trinajstić information content (AvgIpc) is 2.54. The molecule has 0 aliphatic carbocycles. The molecule has 0 saturated heterocycles. The molecule has 0 fully saturated rings. The van der Waals surface area contributed by atoms with E-state index in [0.717, 1.165) is 0 Å². The van der Waals surface area contributed by atoms with Crippen molar-refractivity contribution in [3.05, 3.63) is 31.3 Å². The number of rotatable bonds is 9. The molecular formula is C8H17N9O4. The molecule has 0 aliphatic rings. The molecular weight excluding hydrogens is 286 g/mol. The lowest BCUT2D eigenvalue weighted by Crippen LogP contribution is -2.36. The Kier molecular flexibility index (Phi) is 14.2. The van der Waals surface area contributed by atoms with Crippen molar-refractivity contribution in [2.24, 2.45) is 20.8 Å². The summed E-state index contributed by atoms with van der Waals surface area (Å²) in [7, 11) is 0. The highest BCUT2D eigenvalue weighted by Crippen LogP contribution is 2.16. The van der Waals surface area contributed by atoms with Gasteiger partial charge >= 0.3 is 0 Å². The smallest absolute Gasteiger partial charge is 0.0827 e. The van der Waals surface area contributed by atoms with Crippen molar-refractivity contribution in [1.82, 2.24) is 0 Å². The van der Waals surface area contributed by atoms with E-state index in [1.54, 1.807) is 0 Å². The molecule has 0 saturated carbocycles. The summed E-state index contributed by atoms with van der Waals surface area (Å²) in [6.45, 7) is -1.43. The van der Waals surface area contributed by atoms with Crippen LogP contribution in [-0.4, -0.2) is 66.0 Å². The summed E-state index contributed by atoms with van der Waals surface area (Å²) in [6, 6.07) is 0. The molecule has 1 atom stereocenters. The quantitative estimate of drug-likeness (QED) is 0.266. The normalized spacial score (nSPS) is 10.9. The highest BCUT2D eigenvalue weighted by molar-refractivity contribution is 4.83. The van der Waals surface area contributed by atoms with Gasteiger partial charge in [-0.2, -0.15) is 0 Å². The van der Waals surface area contributed by atoms with Crippen LogP contribution in [0.3, 0.4) is 0 Å². The maximum absolute atomic E-state index is 8.90. The molecule has 118 valence electrons. The van der Waals surface area contributed by atoms with Crippen molar-refractivity contribution in [2.45, 2.75) is 6.10 Å². The molecule has 0 radical (unpaired) electrons. The van der Waals surface area contributed by atoms with Gasteiger partial charge in [-0.3, -0.25) is 0 Å². The van der Waals surface area contributed by atoms with Crippen LogP contribution in [0.25, 0.3) is 31.3 Å². The topological polar surface area (TPSA) is 227 Å². The van der Waals surface area contributed by atoms with E-state index in [4.69, 9.17) is 37.0 Å². The van der Waals surface area contributed by atoms with Crippen LogP contribution in [0.4, 0.5) is 0 Å². The second-order valence-corrected chi connectivity index (χ2v) is 3.84. The van der Waals surface area contributed by atoms with E-state index in [1.807, 2.05) is 0 Å². The van der Waals surface area contributed by atoms with E-state index in [0.29, 0.717) is 0 Å². The number of hydrogen-bond acceptors (Lipinski definition) is 7. The minimum absolute atomic E-state index is 0.0625. The van der Waals surface area contributed by atoms with Gasteiger partial charge in [-0.05, 0) is 16.6 Å². The highest BCUT2D eigenvalue weighted by Gasteiger charge is 2.27. The van der Waals surface area contributed by atoms with Crippen LogP contribution in [0.5, 0.6) is 0 Å². The summed E-state index contributed by atoms with van der Waals surface area (Å²) in [5.41, 5.74) is 22.7. The average molecular weight is 303 g/mol. The van der Waals surface area contributed by atoms with Gasteiger partial charge in [0, 0.05) is 33.2 Å². The van der Waals surface area contributed by atoms with E-state index in [1.165, 1.54) is 0 Å². The molecule has 0 heterocycles. The molecule has 4 N–H and O–H groups in total. The number of azide groups is 3. The van der Waals surface area contributed by atoms with Gasteiger partial charge in [0.2, 0.25) is 0 Å². The number of nitrogens with zero attached hydrogens (tertiary/aromatic N) is 9. The Bertz CT molecular complexity index is 386. The first kappa shape index (κ1) is 21.1. The van der Waals surface area contributed by atoms with Crippen LogP contribution in [0.2, 0.25) is 0 Å². The summed E-state index contributed by atoms with van der Waals surface area (Å²) >= 11 is 0. The highest BCUT2D eigenvalue weighted by atomic mass is 16.3. The Balaban J connectivity index is 0. The Morgan fingerprint density at radius 1 is 0.857 bits per heavy atom. The Hall–Kier alpha value is -2.23. The fourth-order valence-electron chi connectivity index (χ4n) is 0.852. The van der Waals surface area contributed by atoms with Crippen LogP contribution in [0, 0.1) is 5.41 Å². The second-order valence-electron chi connectivity index (χ2n) is 3.84. The van der Waals surface area contributed by atoms with Crippen LogP contribution < -0.4 is 0 Å². The monoisotopic (exact) mass is 303 g/mol. The fourth-order valence-corrected chi connectivity index (χ4v) is 0.852. The molecule has 0 aromatic carbocycles. The van der Waals surface area contributed by atoms with Gasteiger partial charge in [-0.25, -0.2) is 0 Å². The van der Waals surface area contributed by atoms with Gasteiger partial charge in [0.05, 0.1) is 32.5 Å². The first-order chi connectivity index (χ1) is 10.1. The summed E-state index contributed by atoms with van der Waals surface area (Å²) < 4.78 is 0. The number of aliphatic hydroxyl groups is 4. The maximum atomic E-state index is 8.90. The van der Waals surface area contributed by atoms with Crippen molar-refractivity contribution in [3.63, 3.8) is 0 Å². The molecule has 0 rings (SSSR count). The first-order valence-electron chi connectivity index (χ1n) is 5.59. The summed E-state index contributed by atoms with van der Waals surface area (Å²) in [6.07, 6.45) is -0.911. The summed E-state index contributed by atoms with van der Waals surface area (Å²) in [5, 5.41) is 43.9. The van der Waals surface area contributed by atoms with E-state index >= 15 is 0 Å². The minimum Gasteiger partial charge on any atom is -0.396 e. The van der Waals surface area contributed by atoms with Crippen molar-refractivity contribution >= 4 is 0 Å². The van der Waals surface area contributed by atoms with E-state index in [9.17, 15) is 0 Å². The third kappa shape index (κ3) is 11.3. The molecule has 0 amide bonds. The Morgan fingerprint density at radius 2 is 1.29 bits per heavy atom. The molecule has 21 heavy (non-hydrogen) atoms. The molecule has 0 aliphatic heterocycles. The predicted molar refractivity (Wildman–Crippen MR) is 71.7 cm³/mol. The summed E-state index contributed by atoms with van der Waals surface area (Å²) in [4.78, 5) is 7.36. The molecule has 0 aromatic heterocycles. The van der Waals surface area contributed by atoms with Crippen LogP contribution in [-0.2, 0) is 0 Å². The van der Waals surface area contributed by atoms with Crippen molar-refractivity contribution in [3.8, 4) is 0 Å². The number of aliphatic hydroxyl groups excluding tert-OH is 4. The minimum atomic E-state index is -1.04. The van der Waals surface area contributed by atoms with E-state index in [2.05, 4.69) is 30.1 Å². The molecule has 0 spiro atoms. The zero-order valence-electron chi connectivity index (χ0n) is 11.1. The van der Waals surface area contributed by atoms with Gasteiger partial charge in [0.1, 0.15) is 0 Å². The zero-order valence-corrected chi connectivity index (χ0v) is 11.1.